The first kappa shape index (κ1) is 32.2. The zero-order valence-electron chi connectivity index (χ0n) is 24.4. The molecule has 2 amide bonds. The third kappa shape index (κ3) is 10.5. The van der Waals surface area contributed by atoms with Crippen LogP contribution < -0.4 is 20.1 Å². The second-order valence-corrected chi connectivity index (χ2v) is 12.7. The van der Waals surface area contributed by atoms with Gasteiger partial charge in [0.2, 0.25) is 5.91 Å². The van der Waals surface area contributed by atoms with Crippen molar-refractivity contribution in [2.24, 2.45) is 0 Å². The predicted molar refractivity (Wildman–Crippen MR) is 166 cm³/mol. The molecule has 3 atom stereocenters. The molecule has 1 fully saturated rings. The highest BCUT2D eigenvalue weighted by Gasteiger charge is 2.25. The summed E-state index contributed by atoms with van der Waals surface area (Å²) >= 11 is 0. The van der Waals surface area contributed by atoms with Gasteiger partial charge in [-0.25, -0.2) is 0 Å². The van der Waals surface area contributed by atoms with Crippen LogP contribution >= 0.6 is 0 Å². The summed E-state index contributed by atoms with van der Waals surface area (Å²) in [7, 11) is -3.95. The molecule has 4 rings (SSSR count). The normalized spacial score (nSPS) is 16.0. The van der Waals surface area contributed by atoms with Crippen LogP contribution in [0.2, 0.25) is 0 Å². The van der Waals surface area contributed by atoms with E-state index in [-0.39, 0.29) is 35.6 Å². The lowest BCUT2D eigenvalue weighted by molar-refractivity contribution is -0.123. The van der Waals surface area contributed by atoms with E-state index in [4.69, 9.17) is 4.18 Å². The van der Waals surface area contributed by atoms with Crippen molar-refractivity contribution in [2.75, 3.05) is 6.54 Å². The summed E-state index contributed by atoms with van der Waals surface area (Å²) in [5.41, 5.74) is 1.69. The maximum atomic E-state index is 13.3. The minimum atomic E-state index is -3.95. The number of aliphatic hydroxyl groups excluding tert-OH is 1. The van der Waals surface area contributed by atoms with Crippen molar-refractivity contribution in [3.05, 3.63) is 102 Å². The molecule has 0 heterocycles. The van der Waals surface area contributed by atoms with Gasteiger partial charge in [-0.05, 0) is 55.5 Å². The molecule has 0 aromatic heterocycles. The van der Waals surface area contributed by atoms with Gasteiger partial charge in [-0.2, -0.15) is 8.42 Å². The summed E-state index contributed by atoms with van der Waals surface area (Å²) in [6.45, 7) is 1.84. The standard InChI is InChI=1S/C33H41N3O6S/c1-24(32(38)35-28-17-9-4-10-18-28)34-22-31(37)30(20-25-12-5-2-6-13-25)36-33(39)27-16-11-19-29(21-27)42-43(40,41)23-26-14-7-3-8-15-26/h2-3,5-8,11-16,19,21,24,28,30-31,34,37H,4,9-10,17-18,20,22-23H2,1H3,(H,35,38)(H,36,39)/t24-,30-,31+/m0/s1. The Kier molecular flexibility index (Phi) is 11.7. The largest absolute Gasteiger partial charge is 0.390 e. The number of hydrogen-bond donors (Lipinski definition) is 4. The molecular formula is C33H41N3O6S. The fraction of sp³-hybridized carbons (Fsp3) is 0.394. The van der Waals surface area contributed by atoms with Gasteiger partial charge in [-0.1, -0.05) is 86.0 Å². The van der Waals surface area contributed by atoms with Gasteiger partial charge in [0, 0.05) is 18.2 Å². The Morgan fingerprint density at radius 2 is 1.56 bits per heavy atom. The number of aliphatic hydroxyl groups is 1. The van der Waals surface area contributed by atoms with Crippen LogP contribution in [0.15, 0.2) is 84.9 Å². The molecule has 230 valence electrons. The fourth-order valence-corrected chi connectivity index (χ4v) is 6.21. The Morgan fingerprint density at radius 1 is 0.907 bits per heavy atom. The Bertz CT molecular complexity index is 1430. The number of rotatable bonds is 14. The van der Waals surface area contributed by atoms with Gasteiger partial charge in [0.05, 0.1) is 18.2 Å². The molecule has 9 nitrogen and oxygen atoms in total. The van der Waals surface area contributed by atoms with E-state index in [2.05, 4.69) is 16.0 Å². The summed E-state index contributed by atoms with van der Waals surface area (Å²) in [5, 5.41) is 20.2. The van der Waals surface area contributed by atoms with Crippen molar-refractivity contribution >= 4 is 21.9 Å². The van der Waals surface area contributed by atoms with Crippen LogP contribution in [0.4, 0.5) is 0 Å². The van der Waals surface area contributed by atoms with Crippen LogP contribution in [0.25, 0.3) is 0 Å². The van der Waals surface area contributed by atoms with Crippen LogP contribution in [0, 0.1) is 0 Å². The first-order valence-corrected chi connectivity index (χ1v) is 16.4. The Balaban J connectivity index is 1.39. The lowest BCUT2D eigenvalue weighted by Crippen LogP contribution is -2.53. The van der Waals surface area contributed by atoms with E-state index in [0.29, 0.717) is 12.0 Å². The molecule has 1 aliphatic rings. The smallest absolute Gasteiger partial charge is 0.313 e. The first-order chi connectivity index (χ1) is 20.7. The van der Waals surface area contributed by atoms with Crippen LogP contribution in [0.5, 0.6) is 5.75 Å². The van der Waals surface area contributed by atoms with Gasteiger partial charge in [-0.3, -0.25) is 9.59 Å². The third-order valence-electron chi connectivity index (χ3n) is 7.56. The van der Waals surface area contributed by atoms with Crippen LogP contribution in [-0.2, 0) is 27.1 Å². The van der Waals surface area contributed by atoms with E-state index in [0.717, 1.165) is 31.2 Å². The topological polar surface area (TPSA) is 134 Å². The van der Waals surface area contributed by atoms with E-state index in [9.17, 15) is 23.1 Å². The minimum Gasteiger partial charge on any atom is -0.390 e. The van der Waals surface area contributed by atoms with Crippen LogP contribution in [-0.4, -0.2) is 56.1 Å². The number of amides is 2. The lowest BCUT2D eigenvalue weighted by atomic mass is 9.95. The predicted octanol–water partition coefficient (Wildman–Crippen LogP) is 3.72. The number of benzene rings is 3. The molecule has 0 saturated heterocycles. The zero-order valence-corrected chi connectivity index (χ0v) is 25.3. The van der Waals surface area contributed by atoms with E-state index < -0.39 is 34.2 Å². The molecule has 0 aliphatic heterocycles. The average Bonchev–Trinajstić information content (AvgIpc) is 3.00. The Hall–Kier alpha value is -3.73. The van der Waals surface area contributed by atoms with E-state index in [1.807, 2.05) is 30.3 Å². The molecule has 10 heteroatoms. The Labute approximate surface area is 254 Å². The molecule has 43 heavy (non-hydrogen) atoms. The van der Waals surface area contributed by atoms with Crippen LogP contribution in [0.3, 0.4) is 0 Å². The molecule has 4 N–H and O–H groups in total. The molecule has 0 radical (unpaired) electrons. The van der Waals surface area contributed by atoms with Gasteiger partial charge in [-0.15, -0.1) is 0 Å². The molecule has 0 unspecified atom stereocenters. The van der Waals surface area contributed by atoms with Crippen molar-refractivity contribution in [3.63, 3.8) is 0 Å². The van der Waals surface area contributed by atoms with Crippen molar-refractivity contribution in [3.8, 4) is 5.75 Å². The maximum Gasteiger partial charge on any atom is 0.313 e. The highest BCUT2D eigenvalue weighted by atomic mass is 32.2. The molecule has 1 aliphatic carbocycles. The molecule has 1 saturated carbocycles. The quantitative estimate of drug-likeness (QED) is 0.205. The molecule has 3 aromatic rings. The summed E-state index contributed by atoms with van der Waals surface area (Å²) in [6, 6.07) is 23.1. The molecule has 3 aromatic carbocycles. The SMILES string of the molecule is C[C@H](NC[C@@H](O)[C@H](Cc1ccccc1)NC(=O)c1cccc(OS(=O)(=O)Cc2ccccc2)c1)C(=O)NC1CCCCC1. The van der Waals surface area contributed by atoms with Gasteiger partial charge in [0.15, 0.2) is 0 Å². The summed E-state index contributed by atoms with van der Waals surface area (Å²) in [4.78, 5) is 26.0. The summed E-state index contributed by atoms with van der Waals surface area (Å²) in [5.74, 6) is -0.890. The number of carbonyl (C=O) groups is 2. The first-order valence-electron chi connectivity index (χ1n) is 14.8. The van der Waals surface area contributed by atoms with Gasteiger partial charge < -0.3 is 25.2 Å². The van der Waals surface area contributed by atoms with Crippen LogP contribution in [0.1, 0.15) is 60.5 Å². The van der Waals surface area contributed by atoms with E-state index >= 15 is 0 Å². The Morgan fingerprint density at radius 3 is 2.23 bits per heavy atom. The van der Waals surface area contributed by atoms with Gasteiger partial charge in [0.1, 0.15) is 11.5 Å². The highest BCUT2D eigenvalue weighted by Crippen LogP contribution is 2.19. The minimum absolute atomic E-state index is 0.0169. The molecular weight excluding hydrogens is 566 g/mol. The fourth-order valence-electron chi connectivity index (χ4n) is 5.15. The summed E-state index contributed by atoms with van der Waals surface area (Å²) < 4.78 is 30.5. The number of nitrogens with one attached hydrogen (secondary N) is 3. The van der Waals surface area contributed by atoms with Gasteiger partial charge >= 0.3 is 10.1 Å². The molecule has 0 spiro atoms. The van der Waals surface area contributed by atoms with Crippen molar-refractivity contribution < 1.29 is 27.3 Å². The number of carbonyl (C=O) groups excluding carboxylic acids is 2. The van der Waals surface area contributed by atoms with Gasteiger partial charge in [0.25, 0.3) is 5.91 Å². The third-order valence-corrected chi connectivity index (χ3v) is 8.70. The lowest BCUT2D eigenvalue weighted by Gasteiger charge is -2.27. The number of hydrogen-bond acceptors (Lipinski definition) is 7. The van der Waals surface area contributed by atoms with Crippen molar-refractivity contribution in [1.82, 2.24) is 16.0 Å². The zero-order chi connectivity index (χ0) is 30.7. The van der Waals surface area contributed by atoms with Crippen molar-refractivity contribution in [2.45, 2.75) is 75.4 Å². The second kappa shape index (κ2) is 15.7. The molecule has 0 bridgehead atoms. The average molecular weight is 608 g/mol. The van der Waals surface area contributed by atoms with Crippen molar-refractivity contribution in [1.29, 1.82) is 0 Å². The van der Waals surface area contributed by atoms with E-state index in [1.165, 1.54) is 18.6 Å². The second-order valence-electron chi connectivity index (χ2n) is 11.1. The highest BCUT2D eigenvalue weighted by molar-refractivity contribution is 7.86. The maximum absolute atomic E-state index is 13.3. The van der Waals surface area contributed by atoms with E-state index in [1.54, 1.807) is 49.4 Å². The summed E-state index contributed by atoms with van der Waals surface area (Å²) in [6.07, 6.45) is 4.73. The monoisotopic (exact) mass is 607 g/mol.